The number of nitrogens with one attached hydrogen (secondary N) is 1. The summed E-state index contributed by atoms with van der Waals surface area (Å²) >= 11 is 5.89. The molecule has 0 amide bonds. The molecule has 0 bridgehead atoms. The normalized spacial score (nSPS) is 9.54. The molecule has 1 aromatic carbocycles. The molecule has 0 unspecified atom stereocenters. The number of nitrogens with zero attached hydrogens (tertiary/aromatic N) is 1. The van der Waals surface area contributed by atoms with E-state index in [0.29, 0.717) is 5.02 Å². The van der Waals surface area contributed by atoms with E-state index in [9.17, 15) is 0 Å². The molecule has 0 aliphatic rings. The van der Waals surface area contributed by atoms with Gasteiger partial charge in [-0.05, 0) is 13.0 Å². The van der Waals surface area contributed by atoms with E-state index in [2.05, 4.69) is 10.2 Å². The van der Waals surface area contributed by atoms with Crippen molar-refractivity contribution < 1.29 is 0 Å². The number of rotatable bonds is 0. The predicted molar refractivity (Wildman–Crippen MR) is 57.2 cm³/mol. The molecule has 2 aromatic rings. The van der Waals surface area contributed by atoms with Gasteiger partial charge in [-0.2, -0.15) is 5.10 Å². The Kier molecular flexibility index (Phi) is 3.32. The molecule has 0 spiro atoms. The molecule has 0 atom stereocenters. The number of aromatic amines is 1. The first-order chi connectivity index (χ1) is 6.29. The van der Waals surface area contributed by atoms with E-state index in [1.165, 1.54) is 0 Å². The summed E-state index contributed by atoms with van der Waals surface area (Å²) in [7, 11) is 0. The predicted octanol–water partition coefficient (Wildman–Crippen LogP) is 3.55. The van der Waals surface area contributed by atoms with Crippen LogP contribution in [0.4, 0.5) is 0 Å². The number of hydrogen-bond donors (Lipinski definition) is 1. The number of para-hydroxylation sites is 1. The number of benzene rings is 1. The number of halogens is 1. The molecular formula is C10H13ClN2. The molecule has 1 N–H and O–H groups in total. The van der Waals surface area contributed by atoms with Crippen molar-refractivity contribution in [1.29, 1.82) is 0 Å². The first-order valence-corrected chi connectivity index (χ1v) is 4.76. The van der Waals surface area contributed by atoms with E-state index >= 15 is 0 Å². The lowest BCUT2D eigenvalue weighted by Gasteiger charge is -1.89. The van der Waals surface area contributed by atoms with Crippen LogP contribution in [-0.2, 0) is 0 Å². The highest BCUT2D eigenvalue weighted by molar-refractivity contribution is 6.35. The second-order valence-electron chi connectivity index (χ2n) is 2.48. The van der Waals surface area contributed by atoms with Crippen LogP contribution in [0.25, 0.3) is 10.9 Å². The van der Waals surface area contributed by atoms with Crippen LogP contribution < -0.4 is 0 Å². The Labute approximate surface area is 82.9 Å². The maximum absolute atomic E-state index is 5.89. The molecule has 0 fully saturated rings. The fourth-order valence-corrected chi connectivity index (χ4v) is 1.35. The minimum Gasteiger partial charge on any atom is -0.282 e. The molecule has 2 nitrogen and oxygen atoms in total. The molecule has 0 radical (unpaired) electrons. The maximum Gasteiger partial charge on any atom is 0.111 e. The van der Waals surface area contributed by atoms with E-state index in [1.807, 2.05) is 39.0 Å². The number of aryl methyl sites for hydroxylation is 1. The fourth-order valence-electron chi connectivity index (χ4n) is 1.13. The summed E-state index contributed by atoms with van der Waals surface area (Å²) in [4.78, 5) is 0. The van der Waals surface area contributed by atoms with Gasteiger partial charge in [-0.3, -0.25) is 5.10 Å². The summed E-state index contributed by atoms with van der Waals surface area (Å²) in [6.07, 6.45) is 0. The second kappa shape index (κ2) is 4.28. The van der Waals surface area contributed by atoms with E-state index in [0.717, 1.165) is 16.6 Å². The van der Waals surface area contributed by atoms with Crippen LogP contribution >= 0.6 is 11.6 Å². The monoisotopic (exact) mass is 196 g/mol. The summed E-state index contributed by atoms with van der Waals surface area (Å²) in [5, 5.41) is 8.74. The van der Waals surface area contributed by atoms with Crippen LogP contribution in [0, 0.1) is 6.92 Å². The highest BCUT2D eigenvalue weighted by Gasteiger charge is 2.02. The average molecular weight is 197 g/mol. The van der Waals surface area contributed by atoms with Crippen molar-refractivity contribution in [3.8, 4) is 0 Å². The van der Waals surface area contributed by atoms with Crippen LogP contribution in [0.5, 0.6) is 0 Å². The third kappa shape index (κ3) is 1.83. The van der Waals surface area contributed by atoms with Crippen molar-refractivity contribution in [3.05, 3.63) is 28.9 Å². The largest absolute Gasteiger partial charge is 0.282 e. The van der Waals surface area contributed by atoms with Gasteiger partial charge in [-0.15, -0.1) is 0 Å². The quantitative estimate of drug-likeness (QED) is 0.686. The molecule has 3 heteroatoms. The Balaban J connectivity index is 0.000000396. The maximum atomic E-state index is 5.89. The summed E-state index contributed by atoms with van der Waals surface area (Å²) in [5.41, 5.74) is 1.91. The SMILES string of the molecule is CC.Cc1[nH]nc2c(Cl)cccc12. The van der Waals surface area contributed by atoms with Crippen LogP contribution in [0.3, 0.4) is 0 Å². The van der Waals surface area contributed by atoms with Gasteiger partial charge in [0.15, 0.2) is 0 Å². The highest BCUT2D eigenvalue weighted by Crippen LogP contribution is 2.22. The fraction of sp³-hybridized carbons (Fsp3) is 0.300. The molecule has 1 heterocycles. The molecule has 13 heavy (non-hydrogen) atoms. The van der Waals surface area contributed by atoms with Gasteiger partial charge in [-0.1, -0.05) is 37.6 Å². The van der Waals surface area contributed by atoms with E-state index in [1.54, 1.807) is 0 Å². The van der Waals surface area contributed by atoms with Crippen molar-refractivity contribution in [3.63, 3.8) is 0 Å². The second-order valence-corrected chi connectivity index (χ2v) is 2.89. The Morgan fingerprint density at radius 3 is 2.62 bits per heavy atom. The molecule has 70 valence electrons. The Hall–Kier alpha value is -1.02. The van der Waals surface area contributed by atoms with Crippen LogP contribution in [0.1, 0.15) is 19.5 Å². The summed E-state index contributed by atoms with van der Waals surface area (Å²) in [5.74, 6) is 0. The zero-order valence-corrected chi connectivity index (χ0v) is 8.81. The highest BCUT2D eigenvalue weighted by atomic mass is 35.5. The Morgan fingerprint density at radius 1 is 1.31 bits per heavy atom. The van der Waals surface area contributed by atoms with Crippen molar-refractivity contribution >= 4 is 22.5 Å². The van der Waals surface area contributed by atoms with E-state index < -0.39 is 0 Å². The molecule has 0 aliphatic carbocycles. The standard InChI is InChI=1S/C8H7ClN2.C2H6/c1-5-6-3-2-4-7(9)8(6)11-10-5;1-2/h2-4H,1H3,(H,10,11);1-2H3. The third-order valence-corrected chi connectivity index (χ3v) is 2.03. The Bertz CT molecular complexity index is 393. The lowest BCUT2D eigenvalue weighted by atomic mass is 10.2. The van der Waals surface area contributed by atoms with Gasteiger partial charge in [0.1, 0.15) is 5.52 Å². The van der Waals surface area contributed by atoms with Gasteiger partial charge in [0.05, 0.1) is 5.02 Å². The van der Waals surface area contributed by atoms with Crippen LogP contribution in [0.15, 0.2) is 18.2 Å². The molecule has 2 rings (SSSR count). The minimum absolute atomic E-state index is 0.701. The number of H-pyrrole nitrogens is 1. The van der Waals surface area contributed by atoms with Crippen molar-refractivity contribution in [2.24, 2.45) is 0 Å². The van der Waals surface area contributed by atoms with Crippen molar-refractivity contribution in [1.82, 2.24) is 10.2 Å². The van der Waals surface area contributed by atoms with Gasteiger partial charge in [-0.25, -0.2) is 0 Å². The van der Waals surface area contributed by atoms with Gasteiger partial charge in [0, 0.05) is 11.1 Å². The molecule has 0 aliphatic heterocycles. The van der Waals surface area contributed by atoms with E-state index in [4.69, 9.17) is 11.6 Å². The summed E-state index contributed by atoms with van der Waals surface area (Å²) in [6, 6.07) is 5.76. The van der Waals surface area contributed by atoms with Gasteiger partial charge >= 0.3 is 0 Å². The smallest absolute Gasteiger partial charge is 0.111 e. The zero-order valence-electron chi connectivity index (χ0n) is 8.06. The van der Waals surface area contributed by atoms with E-state index in [-0.39, 0.29) is 0 Å². The number of fused-ring (bicyclic) bond motifs is 1. The minimum atomic E-state index is 0.701. The Morgan fingerprint density at radius 2 is 2.00 bits per heavy atom. The molecular weight excluding hydrogens is 184 g/mol. The lowest BCUT2D eigenvalue weighted by Crippen LogP contribution is -1.69. The molecule has 0 saturated carbocycles. The third-order valence-electron chi connectivity index (χ3n) is 1.73. The number of aromatic nitrogens is 2. The summed E-state index contributed by atoms with van der Waals surface area (Å²) < 4.78 is 0. The van der Waals surface area contributed by atoms with Crippen molar-refractivity contribution in [2.45, 2.75) is 20.8 Å². The van der Waals surface area contributed by atoms with Crippen molar-refractivity contribution in [2.75, 3.05) is 0 Å². The average Bonchev–Trinajstić information content (AvgIpc) is 2.53. The summed E-state index contributed by atoms with van der Waals surface area (Å²) in [6.45, 7) is 5.98. The van der Waals surface area contributed by atoms with Crippen LogP contribution in [0.2, 0.25) is 5.02 Å². The number of hydrogen-bond acceptors (Lipinski definition) is 1. The van der Waals surface area contributed by atoms with Gasteiger partial charge < -0.3 is 0 Å². The van der Waals surface area contributed by atoms with Crippen LogP contribution in [-0.4, -0.2) is 10.2 Å². The zero-order chi connectivity index (χ0) is 9.84. The molecule has 1 aromatic heterocycles. The van der Waals surface area contributed by atoms with Gasteiger partial charge in [0.2, 0.25) is 0 Å². The molecule has 0 saturated heterocycles. The first kappa shape index (κ1) is 10.1. The van der Waals surface area contributed by atoms with Gasteiger partial charge in [0.25, 0.3) is 0 Å². The lowest BCUT2D eigenvalue weighted by molar-refractivity contribution is 1.07. The topological polar surface area (TPSA) is 28.7 Å². The first-order valence-electron chi connectivity index (χ1n) is 4.38.